The van der Waals surface area contributed by atoms with Crippen LogP contribution in [0.1, 0.15) is 36.4 Å². The quantitative estimate of drug-likeness (QED) is 0.773. The molecule has 2 amide bonds. The summed E-state index contributed by atoms with van der Waals surface area (Å²) >= 11 is 0. The molecule has 26 heavy (non-hydrogen) atoms. The summed E-state index contributed by atoms with van der Waals surface area (Å²) in [5.41, 5.74) is 6.48. The van der Waals surface area contributed by atoms with Crippen molar-refractivity contribution in [2.24, 2.45) is 5.73 Å². The third kappa shape index (κ3) is 4.44. The van der Waals surface area contributed by atoms with Gasteiger partial charge in [-0.15, -0.1) is 0 Å². The Balaban J connectivity index is 1.66. The Morgan fingerprint density at radius 3 is 2.77 bits per heavy atom. The fourth-order valence-electron chi connectivity index (χ4n) is 3.44. The monoisotopic (exact) mass is 364 g/mol. The van der Waals surface area contributed by atoms with Gasteiger partial charge in [-0.3, -0.25) is 14.5 Å². The van der Waals surface area contributed by atoms with Gasteiger partial charge in [0.15, 0.2) is 0 Å². The fourth-order valence-corrected chi connectivity index (χ4v) is 3.44. The molecule has 144 valence electrons. The maximum atomic E-state index is 12.9. The second kappa shape index (κ2) is 8.20. The number of carbonyl (C=O) groups excluding carboxylic acids is 2. The van der Waals surface area contributed by atoms with Crippen LogP contribution in [0.4, 0.5) is 0 Å². The first-order chi connectivity index (χ1) is 12.4. The van der Waals surface area contributed by atoms with E-state index in [4.69, 9.17) is 14.9 Å². The highest BCUT2D eigenvalue weighted by Crippen LogP contribution is 2.22. The molecule has 3 N–H and O–H groups in total. The molecule has 3 rings (SSSR count). The molecular weight excluding hydrogens is 336 g/mol. The molecule has 2 atom stereocenters. The molecule has 0 spiro atoms. The molecule has 1 aromatic rings. The van der Waals surface area contributed by atoms with Crippen molar-refractivity contribution in [2.75, 3.05) is 32.8 Å². The predicted octanol–water partition coefficient (Wildman–Crippen LogP) is 0.178. The molecule has 8 heteroatoms. The molecule has 0 radical (unpaired) electrons. The maximum Gasteiger partial charge on any atom is 0.257 e. The van der Waals surface area contributed by atoms with Gasteiger partial charge in [0.25, 0.3) is 5.91 Å². The number of amides is 2. The summed E-state index contributed by atoms with van der Waals surface area (Å²) in [7, 11) is 0. The standard InChI is InChI=1S/C18H28N4O4/c1-12(2)20-17(23)16-8-14(19)9-22(16)18(24)13-7-15(26-11-13)10-21-3-5-25-6-4-21/h7,11-12,14,16H,3-6,8-10,19H2,1-2H3,(H,20,23)/t14-,16-/m0/s1. The van der Waals surface area contributed by atoms with Crippen molar-refractivity contribution in [3.8, 4) is 0 Å². The summed E-state index contributed by atoms with van der Waals surface area (Å²) in [6.45, 7) is 7.94. The van der Waals surface area contributed by atoms with Crippen molar-refractivity contribution < 1.29 is 18.7 Å². The zero-order valence-electron chi connectivity index (χ0n) is 15.4. The minimum absolute atomic E-state index is 0.0188. The fraction of sp³-hybridized carbons (Fsp3) is 0.667. The summed E-state index contributed by atoms with van der Waals surface area (Å²) in [5.74, 6) is 0.374. The van der Waals surface area contributed by atoms with Crippen LogP contribution in [-0.2, 0) is 16.1 Å². The second-order valence-corrected chi connectivity index (χ2v) is 7.32. The third-order valence-electron chi connectivity index (χ3n) is 4.71. The Kier molecular flexibility index (Phi) is 5.95. The van der Waals surface area contributed by atoms with E-state index < -0.39 is 6.04 Å². The molecule has 0 aromatic carbocycles. The van der Waals surface area contributed by atoms with Crippen molar-refractivity contribution in [1.29, 1.82) is 0 Å². The van der Waals surface area contributed by atoms with E-state index in [2.05, 4.69) is 10.2 Å². The van der Waals surface area contributed by atoms with Crippen LogP contribution in [0.5, 0.6) is 0 Å². The topological polar surface area (TPSA) is 101 Å². The highest BCUT2D eigenvalue weighted by atomic mass is 16.5. The molecule has 2 aliphatic heterocycles. The van der Waals surface area contributed by atoms with Gasteiger partial charge in [0.1, 0.15) is 18.1 Å². The van der Waals surface area contributed by atoms with Gasteiger partial charge < -0.3 is 25.1 Å². The number of morpholine rings is 1. The van der Waals surface area contributed by atoms with Gasteiger partial charge in [-0.25, -0.2) is 0 Å². The van der Waals surface area contributed by atoms with Gasteiger partial charge in [0.05, 0.1) is 25.3 Å². The molecule has 2 fully saturated rings. The Bertz CT molecular complexity index is 639. The van der Waals surface area contributed by atoms with Crippen LogP contribution in [0.15, 0.2) is 16.7 Å². The van der Waals surface area contributed by atoms with Crippen LogP contribution < -0.4 is 11.1 Å². The Labute approximate surface area is 153 Å². The normalized spacial score (nSPS) is 24.2. The van der Waals surface area contributed by atoms with Gasteiger partial charge in [-0.1, -0.05) is 0 Å². The van der Waals surface area contributed by atoms with E-state index in [0.717, 1.165) is 18.8 Å². The number of rotatable bonds is 5. The molecule has 2 saturated heterocycles. The second-order valence-electron chi connectivity index (χ2n) is 7.32. The highest BCUT2D eigenvalue weighted by molar-refractivity contribution is 5.98. The van der Waals surface area contributed by atoms with E-state index in [1.54, 1.807) is 11.0 Å². The number of ether oxygens (including phenoxy) is 1. The first kappa shape index (κ1) is 18.9. The van der Waals surface area contributed by atoms with E-state index in [9.17, 15) is 9.59 Å². The Hall–Kier alpha value is -1.90. The predicted molar refractivity (Wildman–Crippen MR) is 95.5 cm³/mol. The average Bonchev–Trinajstić information content (AvgIpc) is 3.21. The summed E-state index contributed by atoms with van der Waals surface area (Å²) in [6, 6.07) is 1.06. The minimum Gasteiger partial charge on any atom is -0.467 e. The van der Waals surface area contributed by atoms with Crippen molar-refractivity contribution >= 4 is 11.8 Å². The molecule has 0 unspecified atom stereocenters. The van der Waals surface area contributed by atoms with Gasteiger partial charge >= 0.3 is 0 Å². The maximum absolute atomic E-state index is 12.9. The number of likely N-dealkylation sites (tertiary alicyclic amines) is 1. The molecule has 3 heterocycles. The lowest BCUT2D eigenvalue weighted by Crippen LogP contribution is -2.47. The minimum atomic E-state index is -0.530. The summed E-state index contributed by atoms with van der Waals surface area (Å²) < 4.78 is 10.9. The van der Waals surface area contributed by atoms with Gasteiger partial charge in [0.2, 0.25) is 5.91 Å². The van der Waals surface area contributed by atoms with Crippen molar-refractivity contribution in [3.63, 3.8) is 0 Å². The summed E-state index contributed by atoms with van der Waals surface area (Å²) in [5, 5.41) is 2.87. The lowest BCUT2D eigenvalue weighted by atomic mass is 10.1. The number of hydrogen-bond acceptors (Lipinski definition) is 6. The van der Waals surface area contributed by atoms with E-state index in [1.807, 2.05) is 13.8 Å². The van der Waals surface area contributed by atoms with Crippen molar-refractivity contribution in [3.05, 3.63) is 23.7 Å². The number of carbonyl (C=O) groups is 2. The molecule has 1 aromatic heterocycles. The van der Waals surface area contributed by atoms with Crippen LogP contribution in [0.25, 0.3) is 0 Å². The molecule has 0 bridgehead atoms. The van der Waals surface area contributed by atoms with E-state index >= 15 is 0 Å². The SMILES string of the molecule is CC(C)NC(=O)[C@@H]1C[C@H](N)CN1C(=O)c1coc(CN2CCOCC2)c1. The molecular formula is C18H28N4O4. The number of nitrogens with one attached hydrogen (secondary N) is 1. The average molecular weight is 364 g/mol. The Morgan fingerprint density at radius 1 is 1.35 bits per heavy atom. The van der Waals surface area contributed by atoms with Gasteiger partial charge in [0, 0.05) is 31.7 Å². The first-order valence-corrected chi connectivity index (χ1v) is 9.18. The third-order valence-corrected chi connectivity index (χ3v) is 4.71. The highest BCUT2D eigenvalue weighted by Gasteiger charge is 2.39. The number of nitrogens with zero attached hydrogens (tertiary/aromatic N) is 2. The van der Waals surface area contributed by atoms with Crippen molar-refractivity contribution in [1.82, 2.24) is 15.1 Å². The van der Waals surface area contributed by atoms with Crippen LogP contribution >= 0.6 is 0 Å². The number of furan rings is 1. The van der Waals surface area contributed by atoms with Crippen LogP contribution in [-0.4, -0.2) is 72.6 Å². The molecule has 2 aliphatic rings. The molecule has 0 saturated carbocycles. The molecule has 8 nitrogen and oxygen atoms in total. The molecule has 0 aliphatic carbocycles. The van der Waals surface area contributed by atoms with Gasteiger partial charge in [-0.05, 0) is 26.3 Å². The van der Waals surface area contributed by atoms with Crippen LogP contribution in [0.2, 0.25) is 0 Å². The zero-order valence-corrected chi connectivity index (χ0v) is 15.4. The van der Waals surface area contributed by atoms with E-state index in [1.165, 1.54) is 6.26 Å². The van der Waals surface area contributed by atoms with E-state index in [-0.39, 0.29) is 23.9 Å². The smallest absolute Gasteiger partial charge is 0.257 e. The summed E-state index contributed by atoms with van der Waals surface area (Å²) in [6.07, 6.45) is 1.95. The first-order valence-electron chi connectivity index (χ1n) is 9.18. The number of nitrogens with two attached hydrogens (primary N) is 1. The van der Waals surface area contributed by atoms with Crippen LogP contribution in [0, 0.1) is 0 Å². The van der Waals surface area contributed by atoms with Crippen LogP contribution in [0.3, 0.4) is 0 Å². The lowest BCUT2D eigenvalue weighted by Gasteiger charge is -2.25. The number of hydrogen-bond donors (Lipinski definition) is 2. The summed E-state index contributed by atoms with van der Waals surface area (Å²) in [4.78, 5) is 29.1. The van der Waals surface area contributed by atoms with E-state index in [0.29, 0.717) is 38.3 Å². The Morgan fingerprint density at radius 2 is 2.08 bits per heavy atom. The largest absolute Gasteiger partial charge is 0.467 e. The van der Waals surface area contributed by atoms with Gasteiger partial charge in [-0.2, -0.15) is 0 Å². The van der Waals surface area contributed by atoms with Crippen molar-refractivity contribution in [2.45, 2.75) is 44.9 Å². The lowest BCUT2D eigenvalue weighted by molar-refractivity contribution is -0.125. The zero-order chi connectivity index (χ0) is 18.7.